The maximum Gasteiger partial charge on any atom is 0.268 e. The molecule has 4 fully saturated rings. The van der Waals surface area contributed by atoms with E-state index in [0.717, 1.165) is 67.7 Å². The normalized spacial score (nSPS) is 24.0. The van der Waals surface area contributed by atoms with Crippen LogP contribution >= 0.6 is 11.6 Å². The van der Waals surface area contributed by atoms with Crippen molar-refractivity contribution in [3.8, 4) is 11.5 Å². The number of nitro groups is 1. The van der Waals surface area contributed by atoms with E-state index in [1.54, 1.807) is 24.4 Å². The zero-order chi connectivity index (χ0) is 44.2. The van der Waals surface area contributed by atoms with Crippen molar-refractivity contribution in [1.29, 1.82) is 0 Å². The van der Waals surface area contributed by atoms with Crippen LogP contribution in [0.15, 0.2) is 95.3 Å². The lowest BCUT2D eigenvalue weighted by atomic mass is 9.59. The Hall–Kier alpha value is -5.39. The van der Waals surface area contributed by atoms with Gasteiger partial charge in [0.25, 0.3) is 21.6 Å². The van der Waals surface area contributed by atoms with E-state index in [2.05, 4.69) is 36.6 Å². The number of nitrogens with zero attached hydrogens (tertiary/aromatic N) is 5. The molecule has 15 nitrogen and oxygen atoms in total. The van der Waals surface area contributed by atoms with Gasteiger partial charge in [0, 0.05) is 80.2 Å². The predicted octanol–water partition coefficient (Wildman–Crippen LogP) is 6.96. The quantitative estimate of drug-likeness (QED) is 0.117. The number of Topliss-reactive ketones (excluding diaryl/α,β-unsaturated/α-hetero) is 1. The lowest BCUT2D eigenvalue weighted by Gasteiger charge is -2.47. The van der Waals surface area contributed by atoms with Crippen molar-refractivity contribution >= 4 is 55.6 Å². The first-order valence-electron chi connectivity index (χ1n) is 22.1. The molecule has 64 heavy (non-hydrogen) atoms. The molecule has 1 amide bonds. The lowest BCUT2D eigenvalue weighted by molar-refractivity contribution is -0.434. The molecule has 334 valence electrons. The highest BCUT2D eigenvalue weighted by molar-refractivity contribution is 7.94. The number of aromatic nitrogens is 2. The molecular weight excluding hydrogens is 858 g/mol. The monoisotopic (exact) mass is 907 g/mol. The summed E-state index contributed by atoms with van der Waals surface area (Å²) in [6.07, 6.45) is 13.1. The summed E-state index contributed by atoms with van der Waals surface area (Å²) in [5, 5.41) is 13.8. The van der Waals surface area contributed by atoms with E-state index in [1.165, 1.54) is 60.7 Å². The number of fused-ring (bicyclic) bond motifs is 2. The highest BCUT2D eigenvalue weighted by Crippen LogP contribution is 2.55. The number of pyridine rings is 1. The summed E-state index contributed by atoms with van der Waals surface area (Å²) in [6.45, 7) is 5.84. The van der Waals surface area contributed by atoms with Crippen molar-refractivity contribution in [3.05, 3.63) is 122 Å². The third-order valence-corrected chi connectivity index (χ3v) is 15.9. The van der Waals surface area contributed by atoms with Crippen LogP contribution in [0.2, 0.25) is 5.02 Å². The summed E-state index contributed by atoms with van der Waals surface area (Å²) in [4.78, 5) is 53.1. The van der Waals surface area contributed by atoms with Crippen LogP contribution in [0.4, 0.5) is 5.69 Å². The topological polar surface area (TPSA) is 180 Å². The first-order chi connectivity index (χ1) is 30.9. The van der Waals surface area contributed by atoms with E-state index in [4.69, 9.17) is 21.1 Å². The fraction of sp³-hybridized carbons (Fsp3) is 0.426. The van der Waals surface area contributed by atoms with Crippen LogP contribution in [-0.4, -0.2) is 110 Å². The molecule has 3 atom stereocenters. The van der Waals surface area contributed by atoms with Crippen molar-refractivity contribution in [1.82, 2.24) is 24.5 Å². The van der Waals surface area contributed by atoms with Crippen molar-refractivity contribution in [3.63, 3.8) is 0 Å². The second kappa shape index (κ2) is 17.2. The molecule has 17 heteroatoms. The third kappa shape index (κ3) is 8.37. The Balaban J connectivity index is 0.883. The van der Waals surface area contributed by atoms with Crippen LogP contribution < -0.4 is 14.4 Å². The van der Waals surface area contributed by atoms with E-state index in [-0.39, 0.29) is 29.2 Å². The Bertz CT molecular complexity index is 2710. The number of hydrogen-bond acceptors (Lipinski definition) is 12. The molecule has 6 aliphatic rings. The standard InChI is InChI=1S/C47H50ClN7O8S/c48-33-4-2-30(3-5-33)40-27-47(10-1-11-47)12-8-32(40)29-52-14-16-53(17-15-52)34-6-7-37(43(23-34)63-35-22-31-9-13-49-45(31)50-28-35)46(57)51-64(60,61)36-24-39-38(41(25-36)55(58)59)26-42(44(39)56)54-18-20-62-21-19-54/h2-7,9,13,22-25,28,38-39,42H,1,8,10-12,14-21,26-27,29H2,(H,49,50)(H,51,57). The Morgan fingerprint density at radius 1 is 1.03 bits per heavy atom. The number of morpholine rings is 1. The number of ketones is 1. The second-order valence-electron chi connectivity index (χ2n) is 18.0. The van der Waals surface area contributed by atoms with Gasteiger partial charge in [-0.2, -0.15) is 0 Å². The van der Waals surface area contributed by atoms with Crippen LogP contribution in [0.25, 0.3) is 16.6 Å². The van der Waals surface area contributed by atoms with Gasteiger partial charge in [-0.3, -0.25) is 29.5 Å². The Kier molecular flexibility index (Phi) is 11.4. The van der Waals surface area contributed by atoms with Gasteiger partial charge < -0.3 is 19.4 Å². The van der Waals surface area contributed by atoms with Gasteiger partial charge in [-0.15, -0.1) is 0 Å². The number of nitrogens with one attached hydrogen (secondary N) is 2. The Morgan fingerprint density at radius 3 is 2.55 bits per heavy atom. The Labute approximate surface area is 376 Å². The number of amides is 1. The third-order valence-electron chi connectivity index (χ3n) is 14.3. The number of carbonyl (C=O) groups is 2. The number of halogens is 1. The molecule has 1 spiro atoms. The zero-order valence-electron chi connectivity index (χ0n) is 35.3. The summed E-state index contributed by atoms with van der Waals surface area (Å²) in [5.74, 6) is -2.66. The van der Waals surface area contributed by atoms with Crippen LogP contribution in [0.1, 0.15) is 60.9 Å². The fourth-order valence-corrected chi connectivity index (χ4v) is 11.8. The van der Waals surface area contributed by atoms with Crippen molar-refractivity contribution in [2.45, 2.75) is 51.0 Å². The number of rotatable bonds is 11. The van der Waals surface area contributed by atoms with E-state index < -0.39 is 43.6 Å². The number of H-pyrrole nitrogens is 1. The van der Waals surface area contributed by atoms with E-state index >= 15 is 0 Å². The van der Waals surface area contributed by atoms with Gasteiger partial charge >= 0.3 is 0 Å². The average molecular weight is 908 g/mol. The second-order valence-corrected chi connectivity index (χ2v) is 20.1. The molecule has 3 unspecified atom stereocenters. The van der Waals surface area contributed by atoms with Gasteiger partial charge in [0.05, 0.1) is 52.7 Å². The molecule has 2 aliphatic heterocycles. The summed E-state index contributed by atoms with van der Waals surface area (Å²) >= 11 is 6.28. The van der Waals surface area contributed by atoms with Crippen LogP contribution in [0.3, 0.4) is 0 Å². The van der Waals surface area contributed by atoms with Gasteiger partial charge in [0.15, 0.2) is 5.78 Å². The SMILES string of the molecule is O=C(NS(=O)(=O)C1=CC2C(=O)C(N3CCOCC3)CC2C([N+](=O)[O-])=C1)c1ccc(N2CCN(CC3=C(c4ccc(Cl)cc4)CC4(CCC4)CC3)CC2)cc1Oc1cnc2[nH]ccc2c1. The summed E-state index contributed by atoms with van der Waals surface area (Å²) in [5.41, 5.74) is 5.68. The molecule has 0 radical (unpaired) electrons. The summed E-state index contributed by atoms with van der Waals surface area (Å²) in [7, 11) is -4.69. The van der Waals surface area contributed by atoms with Crippen LogP contribution in [0, 0.1) is 27.4 Å². The number of aromatic amines is 1. The van der Waals surface area contributed by atoms with Crippen LogP contribution in [-0.2, 0) is 19.6 Å². The van der Waals surface area contributed by atoms with Gasteiger partial charge in [0.2, 0.25) is 0 Å². The fourth-order valence-electron chi connectivity index (χ4n) is 10.6. The maximum absolute atomic E-state index is 14.1. The maximum atomic E-state index is 14.1. The zero-order valence-corrected chi connectivity index (χ0v) is 36.9. The summed E-state index contributed by atoms with van der Waals surface area (Å²) in [6, 6.07) is 16.3. The van der Waals surface area contributed by atoms with Gasteiger partial charge in [-0.1, -0.05) is 41.8 Å². The minimum Gasteiger partial charge on any atom is -0.455 e. The molecule has 0 bridgehead atoms. The van der Waals surface area contributed by atoms with Gasteiger partial charge in [0.1, 0.15) is 17.1 Å². The molecule has 10 rings (SSSR count). The van der Waals surface area contributed by atoms with Gasteiger partial charge in [-0.25, -0.2) is 18.1 Å². The minimum atomic E-state index is -4.69. The summed E-state index contributed by atoms with van der Waals surface area (Å²) < 4.78 is 41.8. The number of piperazine rings is 1. The van der Waals surface area contributed by atoms with E-state index in [1.807, 2.05) is 23.1 Å². The minimum absolute atomic E-state index is 0.0691. The average Bonchev–Trinajstić information content (AvgIpc) is 3.90. The number of ether oxygens (including phenoxy) is 2. The number of benzene rings is 2. The first-order valence-corrected chi connectivity index (χ1v) is 24.0. The lowest BCUT2D eigenvalue weighted by Crippen LogP contribution is -2.47. The molecule has 4 aliphatic carbocycles. The predicted molar refractivity (Wildman–Crippen MR) is 242 cm³/mol. The van der Waals surface area contributed by atoms with Gasteiger partial charge in [-0.05, 0) is 91.5 Å². The highest BCUT2D eigenvalue weighted by atomic mass is 35.5. The van der Waals surface area contributed by atoms with Crippen molar-refractivity contribution < 1.29 is 32.4 Å². The smallest absolute Gasteiger partial charge is 0.268 e. The van der Waals surface area contributed by atoms with E-state index in [0.29, 0.717) is 43.1 Å². The number of carbonyl (C=O) groups excluding carboxylic acids is 2. The molecule has 4 heterocycles. The Morgan fingerprint density at radius 2 is 1.81 bits per heavy atom. The molecule has 2 aromatic heterocycles. The number of anilines is 1. The molecule has 2 saturated carbocycles. The van der Waals surface area contributed by atoms with Crippen molar-refractivity contribution in [2.75, 3.05) is 63.9 Å². The molecular formula is C47H50ClN7O8S. The highest BCUT2D eigenvalue weighted by Gasteiger charge is 2.51. The van der Waals surface area contributed by atoms with Crippen molar-refractivity contribution in [2.24, 2.45) is 17.3 Å². The number of sulfonamides is 1. The molecule has 2 saturated heterocycles. The molecule has 2 N–H and O–H groups in total. The largest absolute Gasteiger partial charge is 0.455 e. The van der Waals surface area contributed by atoms with E-state index in [9.17, 15) is 28.1 Å². The van der Waals surface area contributed by atoms with Crippen LogP contribution in [0.5, 0.6) is 11.5 Å². The molecule has 2 aromatic carbocycles. The first kappa shape index (κ1) is 42.6. The number of hydrogen-bond donors (Lipinski definition) is 2. The number of allylic oxidation sites excluding steroid dienone is 4. The molecule has 4 aromatic rings.